The molecule has 1 aliphatic heterocycles. The Morgan fingerprint density at radius 2 is 1.59 bits per heavy atom. The first kappa shape index (κ1) is 15.2. The molecule has 2 atom stereocenters. The highest BCUT2D eigenvalue weighted by molar-refractivity contribution is 5.22. The third-order valence-corrected chi connectivity index (χ3v) is 4.55. The molecule has 1 heterocycles. The van der Waals surface area contributed by atoms with Gasteiger partial charge in [-0.3, -0.25) is 4.90 Å². The van der Waals surface area contributed by atoms with E-state index < -0.39 is 11.8 Å². The Labute approximate surface area is 130 Å². The zero-order valence-electron chi connectivity index (χ0n) is 12.8. The number of nitrogens with zero attached hydrogens (tertiary/aromatic N) is 1. The van der Waals surface area contributed by atoms with E-state index in [-0.39, 0.29) is 12.5 Å². The van der Waals surface area contributed by atoms with Crippen LogP contribution in [0.15, 0.2) is 60.7 Å². The van der Waals surface area contributed by atoms with Gasteiger partial charge in [0.2, 0.25) is 0 Å². The molecule has 3 heteroatoms. The van der Waals surface area contributed by atoms with Crippen molar-refractivity contribution in [2.75, 3.05) is 6.54 Å². The van der Waals surface area contributed by atoms with Gasteiger partial charge in [-0.15, -0.1) is 0 Å². The van der Waals surface area contributed by atoms with Gasteiger partial charge >= 0.3 is 0 Å². The van der Waals surface area contributed by atoms with Crippen LogP contribution in [0.1, 0.15) is 30.5 Å². The molecule has 0 aliphatic carbocycles. The summed E-state index contributed by atoms with van der Waals surface area (Å²) in [6.07, 6.45) is -0.106. The molecule has 0 saturated carbocycles. The van der Waals surface area contributed by atoms with Gasteiger partial charge in [0.1, 0.15) is 0 Å². The van der Waals surface area contributed by atoms with Crippen molar-refractivity contribution in [2.45, 2.75) is 31.9 Å². The predicted molar refractivity (Wildman–Crippen MR) is 84.8 cm³/mol. The molecular formula is C19H21F2N. The maximum absolute atomic E-state index is 14.2. The maximum atomic E-state index is 14.2. The van der Waals surface area contributed by atoms with E-state index in [4.69, 9.17) is 0 Å². The van der Waals surface area contributed by atoms with Gasteiger partial charge in [0, 0.05) is 31.5 Å². The largest absolute Gasteiger partial charge is 0.291 e. The van der Waals surface area contributed by atoms with E-state index in [0.717, 1.165) is 5.56 Å². The molecule has 0 radical (unpaired) electrons. The molecule has 0 bridgehead atoms. The fourth-order valence-electron chi connectivity index (χ4n) is 3.20. The van der Waals surface area contributed by atoms with Gasteiger partial charge < -0.3 is 0 Å². The molecule has 0 aromatic heterocycles. The Hall–Kier alpha value is -1.74. The summed E-state index contributed by atoms with van der Waals surface area (Å²) in [5.41, 5.74) is 2.14. The van der Waals surface area contributed by atoms with E-state index in [1.165, 1.54) is 5.56 Å². The van der Waals surface area contributed by atoms with E-state index in [9.17, 15) is 8.78 Å². The monoisotopic (exact) mass is 301 g/mol. The van der Waals surface area contributed by atoms with Crippen molar-refractivity contribution in [3.63, 3.8) is 0 Å². The van der Waals surface area contributed by atoms with Gasteiger partial charge in [-0.25, -0.2) is 8.78 Å². The summed E-state index contributed by atoms with van der Waals surface area (Å²) in [6.45, 7) is 2.78. The van der Waals surface area contributed by atoms with Gasteiger partial charge in [0.05, 0.1) is 0 Å². The Morgan fingerprint density at radius 1 is 1.00 bits per heavy atom. The number of rotatable bonds is 3. The number of benzene rings is 2. The molecule has 1 aliphatic rings. The summed E-state index contributed by atoms with van der Waals surface area (Å²) >= 11 is 0. The lowest BCUT2D eigenvalue weighted by atomic mass is 9.86. The Kier molecular flexibility index (Phi) is 4.25. The second-order valence-corrected chi connectivity index (χ2v) is 6.21. The molecule has 22 heavy (non-hydrogen) atoms. The summed E-state index contributed by atoms with van der Waals surface area (Å²) in [6, 6.07) is 19.5. The minimum absolute atomic E-state index is 0.106. The highest BCUT2D eigenvalue weighted by Crippen LogP contribution is 2.43. The van der Waals surface area contributed by atoms with Crippen LogP contribution in [0.5, 0.6) is 0 Å². The van der Waals surface area contributed by atoms with Gasteiger partial charge in [-0.05, 0) is 11.1 Å². The fraction of sp³-hybridized carbons (Fsp3) is 0.368. The molecule has 2 unspecified atom stereocenters. The second kappa shape index (κ2) is 6.17. The van der Waals surface area contributed by atoms with E-state index >= 15 is 0 Å². The van der Waals surface area contributed by atoms with Crippen molar-refractivity contribution in [3.05, 3.63) is 71.8 Å². The standard InChI is InChI=1S/C19H21F2N/c1-15-13-22(14-16-8-4-2-5-9-16)18(12-19(15,20)21)17-10-6-3-7-11-17/h2-11,15,18H,12-14H2,1H3. The van der Waals surface area contributed by atoms with E-state index in [1.54, 1.807) is 6.92 Å². The maximum Gasteiger partial charge on any atom is 0.253 e. The first-order valence-electron chi connectivity index (χ1n) is 7.77. The SMILES string of the molecule is CC1CN(Cc2ccccc2)C(c2ccccc2)CC1(F)F. The number of alkyl halides is 2. The third-order valence-electron chi connectivity index (χ3n) is 4.55. The minimum Gasteiger partial charge on any atom is -0.291 e. The number of hydrogen-bond acceptors (Lipinski definition) is 1. The smallest absolute Gasteiger partial charge is 0.253 e. The summed E-state index contributed by atoms with van der Waals surface area (Å²) in [5.74, 6) is -3.22. The number of likely N-dealkylation sites (tertiary alicyclic amines) is 1. The van der Waals surface area contributed by atoms with Crippen molar-refractivity contribution < 1.29 is 8.78 Å². The molecule has 0 amide bonds. The first-order valence-corrected chi connectivity index (χ1v) is 7.77. The lowest BCUT2D eigenvalue weighted by Gasteiger charge is -2.43. The van der Waals surface area contributed by atoms with Crippen LogP contribution in [0.2, 0.25) is 0 Å². The molecule has 1 fully saturated rings. The summed E-state index contributed by atoms with van der Waals surface area (Å²) in [4.78, 5) is 2.19. The van der Waals surface area contributed by atoms with Gasteiger partial charge in [0.25, 0.3) is 5.92 Å². The summed E-state index contributed by atoms with van der Waals surface area (Å²) < 4.78 is 28.4. The summed E-state index contributed by atoms with van der Waals surface area (Å²) in [5, 5.41) is 0. The molecule has 2 aromatic carbocycles. The molecule has 116 valence electrons. The Morgan fingerprint density at radius 3 is 2.23 bits per heavy atom. The van der Waals surface area contributed by atoms with Gasteiger partial charge in [-0.2, -0.15) is 0 Å². The van der Waals surface area contributed by atoms with Gasteiger partial charge in [-0.1, -0.05) is 67.6 Å². The lowest BCUT2D eigenvalue weighted by Crippen LogP contribution is -2.47. The Bertz CT molecular complexity index is 597. The van der Waals surface area contributed by atoms with Crippen LogP contribution in [0.25, 0.3) is 0 Å². The predicted octanol–water partition coefficient (Wildman–Crippen LogP) is 4.91. The molecule has 1 nitrogen and oxygen atoms in total. The van der Waals surface area contributed by atoms with Crippen LogP contribution in [0.3, 0.4) is 0 Å². The average molecular weight is 301 g/mol. The Balaban J connectivity index is 1.87. The molecule has 0 N–H and O–H groups in total. The minimum atomic E-state index is -2.60. The van der Waals surface area contributed by atoms with E-state index in [1.807, 2.05) is 48.5 Å². The van der Waals surface area contributed by atoms with Crippen molar-refractivity contribution in [3.8, 4) is 0 Å². The van der Waals surface area contributed by atoms with Crippen LogP contribution in [-0.2, 0) is 6.54 Å². The van der Waals surface area contributed by atoms with Crippen LogP contribution in [-0.4, -0.2) is 17.4 Å². The van der Waals surface area contributed by atoms with Crippen LogP contribution < -0.4 is 0 Å². The van der Waals surface area contributed by atoms with Gasteiger partial charge in [0.15, 0.2) is 0 Å². The molecule has 1 saturated heterocycles. The highest BCUT2D eigenvalue weighted by Gasteiger charge is 2.46. The summed E-state index contributed by atoms with van der Waals surface area (Å²) in [7, 11) is 0. The van der Waals surface area contributed by atoms with Crippen molar-refractivity contribution in [2.24, 2.45) is 5.92 Å². The van der Waals surface area contributed by atoms with Crippen LogP contribution >= 0.6 is 0 Å². The zero-order chi connectivity index (χ0) is 15.6. The van der Waals surface area contributed by atoms with Crippen molar-refractivity contribution in [1.82, 2.24) is 4.90 Å². The number of piperidine rings is 1. The third kappa shape index (κ3) is 3.20. The van der Waals surface area contributed by atoms with Crippen LogP contribution in [0.4, 0.5) is 8.78 Å². The topological polar surface area (TPSA) is 3.24 Å². The van der Waals surface area contributed by atoms with E-state index in [0.29, 0.717) is 13.1 Å². The van der Waals surface area contributed by atoms with Crippen LogP contribution in [0, 0.1) is 5.92 Å². The second-order valence-electron chi connectivity index (χ2n) is 6.21. The first-order chi connectivity index (χ1) is 10.6. The van der Waals surface area contributed by atoms with E-state index in [2.05, 4.69) is 17.0 Å². The zero-order valence-corrected chi connectivity index (χ0v) is 12.8. The number of halogens is 2. The van der Waals surface area contributed by atoms with Crippen molar-refractivity contribution in [1.29, 1.82) is 0 Å². The molecule has 0 spiro atoms. The molecule has 2 aromatic rings. The normalized spacial score (nSPS) is 25.0. The number of hydrogen-bond donors (Lipinski definition) is 0. The molecular weight excluding hydrogens is 280 g/mol. The lowest BCUT2D eigenvalue weighted by molar-refractivity contribution is -0.122. The highest BCUT2D eigenvalue weighted by atomic mass is 19.3. The average Bonchev–Trinajstić information content (AvgIpc) is 2.53. The van der Waals surface area contributed by atoms with Crippen molar-refractivity contribution >= 4 is 0 Å². The quantitative estimate of drug-likeness (QED) is 0.779. The fourth-order valence-corrected chi connectivity index (χ4v) is 3.20. The molecule has 3 rings (SSSR count).